The average Bonchev–Trinajstić information content (AvgIpc) is 3.53. The Kier molecular flexibility index (Phi) is 6.98. The molecule has 3 aliphatic rings. The fraction of sp³-hybridized carbons (Fsp3) is 0.406. The van der Waals surface area contributed by atoms with Crippen molar-refractivity contribution in [2.24, 2.45) is 0 Å². The highest BCUT2D eigenvalue weighted by atomic mass is 19.1. The van der Waals surface area contributed by atoms with E-state index in [-0.39, 0.29) is 76.8 Å². The molecule has 0 radical (unpaired) electrons. The molecule has 2 aromatic heterocycles. The number of fused-ring (bicyclic) bond motifs is 3. The molecule has 0 bridgehead atoms. The van der Waals surface area contributed by atoms with Gasteiger partial charge in [0, 0.05) is 43.2 Å². The number of aliphatic hydroxyl groups excluding tert-OH is 1. The quantitative estimate of drug-likeness (QED) is 0.250. The normalized spacial score (nSPS) is 25.5. The first kappa shape index (κ1) is 28.6. The molecule has 0 aliphatic carbocycles. The number of aliphatic hydroxyl groups is 1. The highest BCUT2D eigenvalue weighted by Crippen LogP contribution is 2.42. The molecule has 3 saturated heterocycles. The minimum Gasteiger partial charge on any atom is -0.508 e. The summed E-state index contributed by atoms with van der Waals surface area (Å²) in [6, 6.07) is 5.07. The summed E-state index contributed by atoms with van der Waals surface area (Å²) >= 11 is 0. The minimum absolute atomic E-state index is 0.0303. The zero-order valence-electron chi connectivity index (χ0n) is 23.6. The fourth-order valence-corrected chi connectivity index (χ4v) is 7.01. The van der Waals surface area contributed by atoms with E-state index < -0.39 is 35.6 Å². The number of ether oxygens (including phenoxy) is 1. The molecule has 3 fully saturated rings. The fourth-order valence-electron chi connectivity index (χ4n) is 7.01. The number of hydrogen-bond donors (Lipinski definition) is 2. The van der Waals surface area contributed by atoms with Gasteiger partial charge in [0.05, 0.1) is 16.5 Å². The average molecular weight is 608 g/mol. The second-order valence-electron chi connectivity index (χ2n) is 11.9. The molecule has 44 heavy (non-hydrogen) atoms. The number of hydrogen-bond acceptors (Lipinski definition) is 8. The maximum absolute atomic E-state index is 16.6. The van der Waals surface area contributed by atoms with Crippen molar-refractivity contribution in [2.75, 3.05) is 37.7 Å². The third kappa shape index (κ3) is 4.66. The number of aromatic nitrogens is 3. The highest BCUT2D eigenvalue weighted by molar-refractivity contribution is 6.03. The molecule has 2 aromatic carbocycles. The van der Waals surface area contributed by atoms with E-state index in [9.17, 15) is 23.4 Å². The van der Waals surface area contributed by atoms with Crippen LogP contribution in [0.25, 0.3) is 32.9 Å². The van der Waals surface area contributed by atoms with Crippen LogP contribution in [0.2, 0.25) is 0 Å². The molecular formula is C32H29F4N5O3. The van der Waals surface area contributed by atoms with Crippen molar-refractivity contribution in [3.63, 3.8) is 0 Å². The lowest BCUT2D eigenvalue weighted by atomic mass is 9.95. The minimum atomic E-state index is -1.41. The predicted octanol–water partition coefficient (Wildman–Crippen LogP) is 4.67. The number of nitrogens with zero attached hydrogens (tertiary/aromatic N) is 5. The number of rotatable bonds is 5. The number of phenolic OH excluding ortho intramolecular Hbond substituents is 1. The van der Waals surface area contributed by atoms with E-state index >= 15 is 4.39 Å². The van der Waals surface area contributed by atoms with Gasteiger partial charge in [-0.1, -0.05) is 12.0 Å². The molecule has 0 amide bonds. The summed E-state index contributed by atoms with van der Waals surface area (Å²) in [5, 5.41) is 21.5. The van der Waals surface area contributed by atoms with Gasteiger partial charge in [-0.15, -0.1) is 6.42 Å². The van der Waals surface area contributed by atoms with E-state index in [1.807, 2.05) is 0 Å². The van der Waals surface area contributed by atoms with Crippen LogP contribution in [0.3, 0.4) is 0 Å². The summed E-state index contributed by atoms with van der Waals surface area (Å²) in [5.41, 5.74) is -0.993. The second kappa shape index (κ2) is 10.7. The Morgan fingerprint density at radius 3 is 2.77 bits per heavy atom. The summed E-state index contributed by atoms with van der Waals surface area (Å²) in [6.45, 7) is 1.27. The van der Waals surface area contributed by atoms with Crippen molar-refractivity contribution < 1.29 is 32.5 Å². The number of halogens is 4. The molecule has 8 nitrogen and oxygen atoms in total. The van der Waals surface area contributed by atoms with Crippen molar-refractivity contribution in [2.45, 2.75) is 49.7 Å². The SMILES string of the molecule is C#Cc1c(F)ccc2cc(O)cc(-c3ncc4c(N5CC[C@H](F)[C@@H](O)C5)nc(OC[C@@]56CCCN5C[C@H](F)C6)nc4c3F)c12. The Morgan fingerprint density at radius 2 is 1.98 bits per heavy atom. The van der Waals surface area contributed by atoms with Gasteiger partial charge in [-0.3, -0.25) is 9.88 Å². The summed E-state index contributed by atoms with van der Waals surface area (Å²) in [5.74, 6) is 0.712. The molecule has 4 aromatic rings. The van der Waals surface area contributed by atoms with Gasteiger partial charge in [0.25, 0.3) is 0 Å². The summed E-state index contributed by atoms with van der Waals surface area (Å²) in [4.78, 5) is 17.0. The number of benzene rings is 2. The summed E-state index contributed by atoms with van der Waals surface area (Å²) in [6.07, 6.45) is 5.27. The number of piperidine rings is 1. The number of aromatic hydroxyl groups is 1. The Balaban J connectivity index is 1.38. The third-order valence-electron chi connectivity index (χ3n) is 9.12. The standard InChI is InChI=1S/C32H29F4N5O3/c1-2-20-23(34)5-4-17-10-19(42)11-21(26(17)20)28-27(36)29-22(13-37-28)30(40-9-6-24(35)25(43)15-40)39-31(38-29)44-16-32-7-3-8-41(32)14-18(33)12-32/h1,4-5,10-11,13,18,24-25,42-43H,3,6-9,12,14-16H2/t18-,24+,25+,32+/m1/s1. The maximum atomic E-state index is 16.6. The Bertz CT molecular complexity index is 1830. The van der Waals surface area contributed by atoms with Gasteiger partial charge in [-0.2, -0.15) is 9.97 Å². The van der Waals surface area contributed by atoms with E-state index in [1.165, 1.54) is 30.5 Å². The van der Waals surface area contributed by atoms with Crippen LogP contribution in [0.15, 0.2) is 30.5 Å². The van der Waals surface area contributed by atoms with Crippen LogP contribution in [-0.2, 0) is 0 Å². The van der Waals surface area contributed by atoms with E-state index in [0.29, 0.717) is 18.4 Å². The topological polar surface area (TPSA) is 94.8 Å². The van der Waals surface area contributed by atoms with Crippen molar-refractivity contribution in [1.82, 2.24) is 19.9 Å². The van der Waals surface area contributed by atoms with Crippen molar-refractivity contribution >= 4 is 27.5 Å². The van der Waals surface area contributed by atoms with Crippen LogP contribution in [0.1, 0.15) is 31.2 Å². The predicted molar refractivity (Wildman–Crippen MR) is 156 cm³/mol. The van der Waals surface area contributed by atoms with Gasteiger partial charge in [0.2, 0.25) is 0 Å². The van der Waals surface area contributed by atoms with Gasteiger partial charge in [-0.25, -0.2) is 17.6 Å². The monoisotopic (exact) mass is 607 g/mol. The van der Waals surface area contributed by atoms with Crippen LogP contribution >= 0.6 is 0 Å². The third-order valence-corrected chi connectivity index (χ3v) is 9.12. The summed E-state index contributed by atoms with van der Waals surface area (Å²) in [7, 11) is 0. The first-order valence-electron chi connectivity index (χ1n) is 14.5. The van der Waals surface area contributed by atoms with Gasteiger partial charge >= 0.3 is 6.01 Å². The molecule has 0 spiro atoms. The first-order chi connectivity index (χ1) is 21.2. The molecule has 12 heteroatoms. The number of β-amino-alcohol motifs (C(OH)–C–C–N with tert-alkyl or cyclic N) is 1. The van der Waals surface area contributed by atoms with Gasteiger partial charge in [-0.05, 0) is 49.4 Å². The van der Waals surface area contributed by atoms with Crippen LogP contribution in [0.5, 0.6) is 11.8 Å². The molecular weight excluding hydrogens is 578 g/mol. The molecule has 2 N–H and O–H groups in total. The Hall–Kier alpha value is -4.21. The van der Waals surface area contributed by atoms with Crippen molar-refractivity contribution in [1.29, 1.82) is 0 Å². The van der Waals surface area contributed by atoms with E-state index in [1.54, 1.807) is 4.90 Å². The second-order valence-corrected chi connectivity index (χ2v) is 11.9. The zero-order valence-corrected chi connectivity index (χ0v) is 23.6. The number of phenols is 1. The van der Waals surface area contributed by atoms with Crippen LogP contribution < -0.4 is 9.64 Å². The van der Waals surface area contributed by atoms with Crippen molar-refractivity contribution in [3.8, 4) is 35.4 Å². The lowest BCUT2D eigenvalue weighted by Crippen LogP contribution is -2.45. The van der Waals surface area contributed by atoms with Gasteiger partial charge in [0.15, 0.2) is 5.82 Å². The largest absolute Gasteiger partial charge is 0.508 e. The highest BCUT2D eigenvalue weighted by Gasteiger charge is 2.49. The van der Waals surface area contributed by atoms with Gasteiger partial charge < -0.3 is 19.8 Å². The van der Waals surface area contributed by atoms with Crippen LogP contribution in [-0.4, -0.2) is 86.8 Å². The zero-order chi connectivity index (χ0) is 30.7. The summed E-state index contributed by atoms with van der Waals surface area (Å²) < 4.78 is 65.9. The molecule has 3 aliphatic heterocycles. The van der Waals surface area contributed by atoms with E-state index in [4.69, 9.17) is 11.2 Å². The van der Waals surface area contributed by atoms with E-state index in [2.05, 4.69) is 25.8 Å². The lowest BCUT2D eigenvalue weighted by molar-refractivity contribution is 0.0642. The molecule has 4 atom stereocenters. The lowest BCUT2D eigenvalue weighted by Gasteiger charge is -2.34. The smallest absolute Gasteiger partial charge is 0.319 e. The molecule has 228 valence electrons. The molecule has 0 saturated carbocycles. The molecule has 7 rings (SSSR count). The molecule has 0 unspecified atom stereocenters. The Labute approximate surface area is 250 Å². The number of anilines is 1. The molecule has 5 heterocycles. The number of alkyl halides is 2. The van der Waals surface area contributed by atoms with Crippen molar-refractivity contribution in [3.05, 3.63) is 47.7 Å². The van der Waals surface area contributed by atoms with E-state index in [0.717, 1.165) is 19.4 Å². The first-order valence-corrected chi connectivity index (χ1v) is 14.5. The van der Waals surface area contributed by atoms with Crippen LogP contribution in [0.4, 0.5) is 23.4 Å². The Morgan fingerprint density at radius 1 is 1.14 bits per heavy atom. The number of pyridine rings is 1. The van der Waals surface area contributed by atoms with Crippen LogP contribution in [0, 0.1) is 24.0 Å². The maximum Gasteiger partial charge on any atom is 0.319 e. The number of terminal acetylenes is 1. The van der Waals surface area contributed by atoms with Gasteiger partial charge in [0.1, 0.15) is 53.6 Å².